The average molecular weight is 317 g/mol. The van der Waals surface area contributed by atoms with Gasteiger partial charge >= 0.3 is 0 Å². The third-order valence-electron chi connectivity index (χ3n) is 3.18. The molecule has 0 unspecified atom stereocenters. The first-order chi connectivity index (χ1) is 10.6. The first-order valence-corrected chi connectivity index (χ1v) is 7.50. The van der Waals surface area contributed by atoms with Crippen molar-refractivity contribution < 1.29 is 9.18 Å². The van der Waals surface area contributed by atoms with E-state index in [1.54, 1.807) is 23.7 Å². The van der Waals surface area contributed by atoms with Gasteiger partial charge in [0, 0.05) is 23.6 Å². The average Bonchev–Trinajstić information content (AvgIpc) is 2.98. The van der Waals surface area contributed by atoms with Crippen molar-refractivity contribution in [3.05, 3.63) is 57.6 Å². The normalized spacial score (nSPS) is 10.8. The van der Waals surface area contributed by atoms with Crippen LogP contribution in [0, 0.1) is 5.82 Å². The summed E-state index contributed by atoms with van der Waals surface area (Å²) in [7, 11) is 0. The molecule has 2 N–H and O–H groups in total. The summed E-state index contributed by atoms with van der Waals surface area (Å²) in [5.41, 5.74) is 0.634. The molecule has 2 heterocycles. The number of carbonyl (C=O) groups excluding carboxylic acids is 1. The first-order valence-electron chi connectivity index (χ1n) is 6.62. The molecule has 3 aromatic rings. The van der Waals surface area contributed by atoms with Crippen molar-refractivity contribution in [2.24, 2.45) is 0 Å². The Labute approximate surface area is 128 Å². The van der Waals surface area contributed by atoms with Crippen molar-refractivity contribution in [1.29, 1.82) is 0 Å². The van der Waals surface area contributed by atoms with Gasteiger partial charge in [0.15, 0.2) is 5.13 Å². The van der Waals surface area contributed by atoms with E-state index in [1.165, 1.54) is 23.5 Å². The van der Waals surface area contributed by atoms with E-state index in [0.717, 1.165) is 5.39 Å². The van der Waals surface area contributed by atoms with Gasteiger partial charge in [0.1, 0.15) is 5.82 Å². The number of benzene rings is 1. The van der Waals surface area contributed by atoms with Crippen LogP contribution in [0.5, 0.6) is 0 Å². The SMILES string of the molecule is O=C(CCc1cc2ccc(F)cc2[nH]c1=O)Nc1nccs1. The second-order valence-corrected chi connectivity index (χ2v) is 5.64. The van der Waals surface area contributed by atoms with Crippen LogP contribution in [0.2, 0.25) is 0 Å². The van der Waals surface area contributed by atoms with E-state index in [-0.39, 0.29) is 17.9 Å². The predicted octanol–water partition coefficient (Wildman–Crippen LogP) is 2.69. The van der Waals surface area contributed by atoms with Crippen molar-refractivity contribution in [3.63, 3.8) is 0 Å². The van der Waals surface area contributed by atoms with Crippen molar-refractivity contribution in [1.82, 2.24) is 9.97 Å². The maximum atomic E-state index is 13.1. The number of aryl methyl sites for hydroxylation is 1. The summed E-state index contributed by atoms with van der Waals surface area (Å²) in [6, 6.07) is 5.89. The van der Waals surface area contributed by atoms with Gasteiger partial charge in [-0.05, 0) is 36.1 Å². The topological polar surface area (TPSA) is 74.8 Å². The van der Waals surface area contributed by atoms with Crippen LogP contribution in [0.25, 0.3) is 10.9 Å². The van der Waals surface area contributed by atoms with E-state index in [2.05, 4.69) is 15.3 Å². The zero-order chi connectivity index (χ0) is 15.5. The Hall–Kier alpha value is -2.54. The third kappa shape index (κ3) is 3.20. The fraction of sp³-hybridized carbons (Fsp3) is 0.133. The lowest BCUT2D eigenvalue weighted by Gasteiger charge is -2.04. The number of H-pyrrole nitrogens is 1. The van der Waals surface area contributed by atoms with Crippen LogP contribution in [0.15, 0.2) is 40.6 Å². The number of rotatable bonds is 4. The summed E-state index contributed by atoms with van der Waals surface area (Å²) in [5, 5.41) is 5.70. The van der Waals surface area contributed by atoms with Crippen molar-refractivity contribution in [2.45, 2.75) is 12.8 Å². The summed E-state index contributed by atoms with van der Waals surface area (Å²) < 4.78 is 13.1. The van der Waals surface area contributed by atoms with Gasteiger partial charge in [0.05, 0.1) is 5.52 Å². The Morgan fingerprint density at radius 2 is 2.23 bits per heavy atom. The quantitative estimate of drug-likeness (QED) is 0.777. The molecule has 2 aromatic heterocycles. The Morgan fingerprint density at radius 1 is 1.36 bits per heavy atom. The monoisotopic (exact) mass is 317 g/mol. The predicted molar refractivity (Wildman–Crippen MR) is 83.6 cm³/mol. The van der Waals surface area contributed by atoms with Gasteiger partial charge in [-0.2, -0.15) is 0 Å². The molecule has 0 saturated carbocycles. The molecule has 5 nitrogen and oxygen atoms in total. The van der Waals surface area contributed by atoms with Crippen LogP contribution >= 0.6 is 11.3 Å². The van der Waals surface area contributed by atoms with Crippen molar-refractivity contribution in [3.8, 4) is 0 Å². The number of aromatic amines is 1. The van der Waals surface area contributed by atoms with Crippen LogP contribution in [0.4, 0.5) is 9.52 Å². The van der Waals surface area contributed by atoms with E-state index in [1.807, 2.05) is 0 Å². The number of anilines is 1. The maximum Gasteiger partial charge on any atom is 0.251 e. The van der Waals surface area contributed by atoms with Gasteiger partial charge in [-0.15, -0.1) is 11.3 Å². The molecule has 1 aromatic carbocycles. The van der Waals surface area contributed by atoms with Gasteiger partial charge in [0.2, 0.25) is 5.91 Å². The standard InChI is InChI=1S/C15H12FN3O2S/c16-11-3-1-9-7-10(14(21)18-12(9)8-11)2-4-13(20)19-15-17-5-6-22-15/h1,3,5-8H,2,4H2,(H,18,21)(H,17,19,20). The lowest BCUT2D eigenvalue weighted by molar-refractivity contribution is -0.116. The third-order valence-corrected chi connectivity index (χ3v) is 3.87. The molecule has 112 valence electrons. The van der Waals surface area contributed by atoms with Crippen LogP contribution in [-0.2, 0) is 11.2 Å². The van der Waals surface area contributed by atoms with E-state index >= 15 is 0 Å². The number of carbonyl (C=O) groups is 1. The Morgan fingerprint density at radius 3 is 3.00 bits per heavy atom. The summed E-state index contributed by atoms with van der Waals surface area (Å²) in [6.45, 7) is 0. The number of nitrogens with one attached hydrogen (secondary N) is 2. The zero-order valence-corrected chi connectivity index (χ0v) is 12.2. The molecule has 0 spiro atoms. The number of hydrogen-bond donors (Lipinski definition) is 2. The zero-order valence-electron chi connectivity index (χ0n) is 11.4. The summed E-state index contributed by atoms with van der Waals surface area (Å²) in [4.78, 5) is 30.3. The van der Waals surface area contributed by atoms with E-state index in [0.29, 0.717) is 22.6 Å². The number of pyridine rings is 1. The van der Waals surface area contributed by atoms with Gasteiger partial charge in [-0.25, -0.2) is 9.37 Å². The lowest BCUT2D eigenvalue weighted by atomic mass is 10.1. The summed E-state index contributed by atoms with van der Waals surface area (Å²) in [6.07, 6.45) is 2.09. The molecule has 0 atom stereocenters. The minimum Gasteiger partial charge on any atom is -0.322 e. The summed E-state index contributed by atoms with van der Waals surface area (Å²) >= 11 is 1.33. The minimum atomic E-state index is -0.404. The van der Waals surface area contributed by atoms with Crippen molar-refractivity contribution >= 4 is 33.3 Å². The molecule has 0 aliphatic rings. The van der Waals surface area contributed by atoms with Gasteiger partial charge in [-0.3, -0.25) is 9.59 Å². The second kappa shape index (κ2) is 6.07. The molecule has 7 heteroatoms. The van der Waals surface area contributed by atoms with Crippen LogP contribution in [0.3, 0.4) is 0 Å². The molecule has 1 amide bonds. The number of halogens is 1. The van der Waals surface area contributed by atoms with Gasteiger partial charge in [0.25, 0.3) is 5.56 Å². The van der Waals surface area contributed by atoms with Crippen LogP contribution < -0.4 is 10.9 Å². The molecule has 0 saturated heterocycles. The van der Waals surface area contributed by atoms with Gasteiger partial charge in [-0.1, -0.05) is 0 Å². The van der Waals surface area contributed by atoms with Crippen molar-refractivity contribution in [2.75, 3.05) is 5.32 Å². The molecule has 0 aliphatic carbocycles. The second-order valence-electron chi connectivity index (χ2n) is 4.74. The molecule has 3 rings (SSSR count). The highest BCUT2D eigenvalue weighted by Crippen LogP contribution is 2.14. The highest BCUT2D eigenvalue weighted by atomic mass is 32.1. The number of aromatic nitrogens is 2. The van der Waals surface area contributed by atoms with E-state index in [9.17, 15) is 14.0 Å². The Bertz CT molecular complexity index is 874. The number of hydrogen-bond acceptors (Lipinski definition) is 4. The molecule has 0 bridgehead atoms. The number of amides is 1. The van der Waals surface area contributed by atoms with Crippen LogP contribution in [-0.4, -0.2) is 15.9 Å². The fourth-order valence-electron chi connectivity index (χ4n) is 2.12. The van der Waals surface area contributed by atoms with Crippen LogP contribution in [0.1, 0.15) is 12.0 Å². The van der Waals surface area contributed by atoms with E-state index in [4.69, 9.17) is 0 Å². The lowest BCUT2D eigenvalue weighted by Crippen LogP contribution is -2.17. The molecule has 22 heavy (non-hydrogen) atoms. The number of fused-ring (bicyclic) bond motifs is 1. The smallest absolute Gasteiger partial charge is 0.251 e. The Balaban J connectivity index is 1.73. The molecular weight excluding hydrogens is 305 g/mol. The van der Waals surface area contributed by atoms with Gasteiger partial charge < -0.3 is 10.3 Å². The largest absolute Gasteiger partial charge is 0.322 e. The highest BCUT2D eigenvalue weighted by Gasteiger charge is 2.08. The van der Waals surface area contributed by atoms with E-state index < -0.39 is 5.82 Å². The molecule has 0 radical (unpaired) electrons. The first kappa shape index (κ1) is 14.4. The molecule has 0 aliphatic heterocycles. The maximum absolute atomic E-state index is 13.1. The fourth-order valence-corrected chi connectivity index (χ4v) is 2.66. The number of nitrogens with zero attached hydrogens (tertiary/aromatic N) is 1. The Kier molecular flexibility index (Phi) is 3.97. The molecule has 0 fully saturated rings. The highest BCUT2D eigenvalue weighted by molar-refractivity contribution is 7.13. The number of thiazole rings is 1. The minimum absolute atomic E-state index is 0.176. The molecular formula is C15H12FN3O2S. The summed E-state index contributed by atoms with van der Waals surface area (Å²) in [5.74, 6) is -0.604.